The van der Waals surface area contributed by atoms with Crippen LogP contribution in [-0.2, 0) is 6.42 Å². The molecule has 0 saturated heterocycles. The van der Waals surface area contributed by atoms with Crippen LogP contribution in [0.15, 0.2) is 72.9 Å². The molecule has 4 aromatic rings. The van der Waals surface area contributed by atoms with Gasteiger partial charge >= 0.3 is 0 Å². The quantitative estimate of drug-likeness (QED) is 0.374. The van der Waals surface area contributed by atoms with E-state index in [9.17, 15) is 9.18 Å². The zero-order valence-electron chi connectivity index (χ0n) is 18.2. The first-order chi connectivity index (χ1) is 16.0. The van der Waals surface area contributed by atoms with Gasteiger partial charge in [-0.2, -0.15) is 0 Å². The molecule has 5 rings (SSSR count). The van der Waals surface area contributed by atoms with Crippen molar-refractivity contribution in [1.29, 1.82) is 0 Å². The zero-order chi connectivity index (χ0) is 22.9. The Morgan fingerprint density at radius 3 is 2.70 bits per heavy atom. The maximum absolute atomic E-state index is 14.0. The molecule has 1 atom stereocenters. The monoisotopic (exact) mass is 459 g/mol. The fourth-order valence-electron chi connectivity index (χ4n) is 4.44. The van der Waals surface area contributed by atoms with Crippen molar-refractivity contribution in [3.05, 3.63) is 100 Å². The SMILES string of the molecule is CC(NC(=O)c1ccc(Cl)cc1)c1ccc2c(c1)CCCN2c1ccnc2ccc(F)cc12. The molecule has 1 aliphatic heterocycles. The number of nitrogens with zero attached hydrogens (tertiary/aromatic N) is 2. The van der Waals surface area contributed by atoms with Crippen molar-refractivity contribution >= 4 is 39.8 Å². The van der Waals surface area contributed by atoms with E-state index in [1.807, 2.05) is 19.1 Å². The second-order valence-electron chi connectivity index (χ2n) is 8.34. The lowest BCUT2D eigenvalue weighted by Gasteiger charge is -2.33. The molecular formula is C27H23ClFN3O. The van der Waals surface area contributed by atoms with Crippen molar-refractivity contribution in [2.45, 2.75) is 25.8 Å². The predicted molar refractivity (Wildman–Crippen MR) is 131 cm³/mol. The number of halogens is 2. The van der Waals surface area contributed by atoms with Crippen LogP contribution >= 0.6 is 11.6 Å². The summed E-state index contributed by atoms with van der Waals surface area (Å²) in [5.74, 6) is -0.404. The highest BCUT2D eigenvalue weighted by atomic mass is 35.5. The number of amides is 1. The number of nitrogens with one attached hydrogen (secondary N) is 1. The van der Waals surface area contributed by atoms with Gasteiger partial charge in [-0.15, -0.1) is 0 Å². The Morgan fingerprint density at radius 1 is 1.06 bits per heavy atom. The summed E-state index contributed by atoms with van der Waals surface area (Å²) in [5, 5.41) is 4.47. The zero-order valence-corrected chi connectivity index (χ0v) is 18.9. The topological polar surface area (TPSA) is 45.2 Å². The summed E-state index contributed by atoms with van der Waals surface area (Å²) in [5.41, 5.74) is 5.68. The van der Waals surface area contributed by atoms with Gasteiger partial charge in [-0.05, 0) is 85.5 Å². The third-order valence-corrected chi connectivity index (χ3v) is 6.40. The Bertz CT molecular complexity index is 1340. The highest BCUT2D eigenvalue weighted by molar-refractivity contribution is 6.30. The van der Waals surface area contributed by atoms with Crippen LogP contribution in [-0.4, -0.2) is 17.4 Å². The molecule has 6 heteroatoms. The third kappa shape index (κ3) is 4.29. The largest absolute Gasteiger partial charge is 0.346 e. The smallest absolute Gasteiger partial charge is 0.251 e. The molecule has 0 saturated carbocycles. The van der Waals surface area contributed by atoms with Crippen molar-refractivity contribution in [2.24, 2.45) is 0 Å². The van der Waals surface area contributed by atoms with E-state index in [2.05, 4.69) is 27.3 Å². The van der Waals surface area contributed by atoms with Crippen molar-refractivity contribution in [3.63, 3.8) is 0 Å². The normalized spacial score (nSPS) is 14.1. The number of anilines is 2. The summed E-state index contributed by atoms with van der Waals surface area (Å²) in [6.07, 6.45) is 3.71. The molecule has 4 nitrogen and oxygen atoms in total. The lowest BCUT2D eigenvalue weighted by atomic mass is 9.96. The molecule has 1 N–H and O–H groups in total. The average Bonchev–Trinajstić information content (AvgIpc) is 2.83. The molecule has 0 aliphatic carbocycles. The van der Waals surface area contributed by atoms with Gasteiger partial charge in [-0.1, -0.05) is 23.7 Å². The van der Waals surface area contributed by atoms with Crippen LogP contribution < -0.4 is 10.2 Å². The van der Waals surface area contributed by atoms with E-state index in [1.54, 1.807) is 42.6 Å². The van der Waals surface area contributed by atoms with Crippen molar-refractivity contribution < 1.29 is 9.18 Å². The molecule has 2 heterocycles. The molecule has 3 aromatic carbocycles. The second-order valence-corrected chi connectivity index (χ2v) is 8.77. The Morgan fingerprint density at radius 2 is 1.88 bits per heavy atom. The molecule has 33 heavy (non-hydrogen) atoms. The Labute approximate surface area is 197 Å². The first kappa shape index (κ1) is 21.4. The predicted octanol–water partition coefficient (Wildman–Crippen LogP) is 6.60. The Balaban J connectivity index is 1.43. The van der Waals surface area contributed by atoms with Gasteiger partial charge in [-0.25, -0.2) is 4.39 Å². The molecular weight excluding hydrogens is 437 g/mol. The van der Waals surface area contributed by atoms with Gasteiger partial charge in [0, 0.05) is 34.4 Å². The summed E-state index contributed by atoms with van der Waals surface area (Å²) in [6, 6.07) is 19.7. The minimum atomic E-state index is -0.269. The summed E-state index contributed by atoms with van der Waals surface area (Å²) >= 11 is 5.92. The fraction of sp³-hybridized carbons (Fsp3) is 0.185. The third-order valence-electron chi connectivity index (χ3n) is 6.15. The maximum Gasteiger partial charge on any atom is 0.251 e. The van der Waals surface area contributed by atoms with Crippen molar-refractivity contribution in [3.8, 4) is 0 Å². The summed E-state index contributed by atoms with van der Waals surface area (Å²) < 4.78 is 14.0. The number of fused-ring (bicyclic) bond motifs is 2. The van der Waals surface area contributed by atoms with Crippen LogP contribution in [0.2, 0.25) is 5.02 Å². The van der Waals surface area contributed by atoms with Crippen LogP contribution in [0.25, 0.3) is 10.9 Å². The molecule has 1 aliphatic rings. The number of benzene rings is 3. The van der Waals surface area contributed by atoms with Crippen LogP contribution in [0.3, 0.4) is 0 Å². The highest BCUT2D eigenvalue weighted by Gasteiger charge is 2.22. The van der Waals surface area contributed by atoms with E-state index in [-0.39, 0.29) is 17.8 Å². The second kappa shape index (κ2) is 8.83. The molecule has 0 radical (unpaired) electrons. The molecule has 0 spiro atoms. The Hall–Kier alpha value is -3.44. The lowest BCUT2D eigenvalue weighted by molar-refractivity contribution is 0.0940. The minimum absolute atomic E-state index is 0.135. The van der Waals surface area contributed by atoms with E-state index in [0.29, 0.717) is 10.6 Å². The summed E-state index contributed by atoms with van der Waals surface area (Å²) in [6.45, 7) is 2.83. The van der Waals surface area contributed by atoms with Gasteiger partial charge in [-0.3, -0.25) is 9.78 Å². The van der Waals surface area contributed by atoms with Gasteiger partial charge in [0.1, 0.15) is 5.82 Å². The molecule has 1 aromatic heterocycles. The maximum atomic E-state index is 14.0. The fourth-order valence-corrected chi connectivity index (χ4v) is 4.57. The lowest BCUT2D eigenvalue weighted by Crippen LogP contribution is -2.28. The molecule has 0 fully saturated rings. The number of aromatic nitrogens is 1. The van der Waals surface area contributed by atoms with E-state index < -0.39 is 0 Å². The first-order valence-corrected chi connectivity index (χ1v) is 11.4. The van der Waals surface area contributed by atoms with E-state index in [1.165, 1.54) is 11.6 Å². The number of carbonyl (C=O) groups excluding carboxylic acids is 1. The molecule has 0 bridgehead atoms. The van der Waals surface area contributed by atoms with Crippen LogP contribution in [0.5, 0.6) is 0 Å². The number of hydrogen-bond donors (Lipinski definition) is 1. The van der Waals surface area contributed by atoms with Gasteiger partial charge in [0.05, 0.1) is 17.2 Å². The number of rotatable bonds is 4. The van der Waals surface area contributed by atoms with Gasteiger partial charge in [0.2, 0.25) is 0 Å². The molecule has 166 valence electrons. The standard InChI is InChI=1S/C27H23ClFN3O/c1-17(31-27(33)18-4-7-21(28)8-5-18)19-6-11-25-20(15-19)3-2-14-32(25)26-12-13-30-24-10-9-22(29)16-23(24)26/h4-13,15-17H,2-3,14H2,1H3,(H,31,33). The van der Waals surface area contributed by atoms with Crippen LogP contribution in [0.4, 0.5) is 15.8 Å². The van der Waals surface area contributed by atoms with Gasteiger partial charge < -0.3 is 10.2 Å². The first-order valence-electron chi connectivity index (χ1n) is 11.0. The average molecular weight is 460 g/mol. The number of aryl methyl sites for hydroxylation is 1. The summed E-state index contributed by atoms with van der Waals surface area (Å²) in [7, 11) is 0. The minimum Gasteiger partial charge on any atom is -0.346 e. The Kier molecular flexibility index (Phi) is 5.73. The van der Waals surface area contributed by atoms with E-state index >= 15 is 0 Å². The van der Waals surface area contributed by atoms with Crippen LogP contribution in [0, 0.1) is 5.82 Å². The molecule has 1 amide bonds. The van der Waals surface area contributed by atoms with E-state index in [0.717, 1.165) is 47.2 Å². The van der Waals surface area contributed by atoms with Crippen LogP contribution in [0.1, 0.15) is 40.9 Å². The van der Waals surface area contributed by atoms with Gasteiger partial charge in [0.15, 0.2) is 0 Å². The van der Waals surface area contributed by atoms with Gasteiger partial charge in [0.25, 0.3) is 5.91 Å². The highest BCUT2D eigenvalue weighted by Crippen LogP contribution is 2.38. The van der Waals surface area contributed by atoms with Crippen molar-refractivity contribution in [2.75, 3.05) is 11.4 Å². The number of pyridine rings is 1. The number of carbonyl (C=O) groups is 1. The molecule has 1 unspecified atom stereocenters. The van der Waals surface area contributed by atoms with Crippen molar-refractivity contribution in [1.82, 2.24) is 10.3 Å². The number of hydrogen-bond acceptors (Lipinski definition) is 3. The summed E-state index contributed by atoms with van der Waals surface area (Å²) in [4.78, 5) is 19.2. The van der Waals surface area contributed by atoms with E-state index in [4.69, 9.17) is 11.6 Å².